The molecule has 3 heteroatoms. The molecule has 9 heavy (non-hydrogen) atoms. The summed E-state index contributed by atoms with van der Waals surface area (Å²) in [6.07, 6.45) is 2.70. The maximum absolute atomic E-state index is 5.85. The highest BCUT2D eigenvalue weighted by molar-refractivity contribution is 8.00. The Morgan fingerprint density at radius 3 is 3.11 bits per heavy atom. The van der Waals surface area contributed by atoms with Gasteiger partial charge in [-0.05, 0) is 0 Å². The fourth-order valence-electron chi connectivity index (χ4n) is 0.892. The van der Waals surface area contributed by atoms with Gasteiger partial charge >= 0.3 is 0 Å². The molecule has 1 rings (SSSR count). The summed E-state index contributed by atoms with van der Waals surface area (Å²) in [4.78, 5) is -0.207. The standard InChI is InChI=1S/C6H12N2S/c1-2-3-6(7)8-4-5-9-6/h2,8H,1,3-5,7H2. The van der Waals surface area contributed by atoms with Crippen molar-refractivity contribution in [3.8, 4) is 0 Å². The van der Waals surface area contributed by atoms with Crippen LogP contribution in [0.3, 0.4) is 0 Å². The Labute approximate surface area is 59.9 Å². The monoisotopic (exact) mass is 144 g/mol. The molecular formula is C6H12N2S. The van der Waals surface area contributed by atoms with Gasteiger partial charge in [-0.3, -0.25) is 5.32 Å². The molecule has 0 spiro atoms. The normalized spacial score (nSPS) is 34.8. The molecule has 3 N–H and O–H groups in total. The SMILES string of the molecule is C=CCC1(N)NCCS1. The van der Waals surface area contributed by atoms with E-state index in [1.807, 2.05) is 6.08 Å². The van der Waals surface area contributed by atoms with Crippen molar-refractivity contribution < 1.29 is 0 Å². The van der Waals surface area contributed by atoms with Gasteiger partial charge in [0, 0.05) is 18.7 Å². The van der Waals surface area contributed by atoms with Crippen molar-refractivity contribution in [1.29, 1.82) is 0 Å². The van der Waals surface area contributed by atoms with Gasteiger partial charge in [-0.2, -0.15) is 0 Å². The quantitative estimate of drug-likeness (QED) is 0.555. The van der Waals surface area contributed by atoms with Crippen LogP contribution >= 0.6 is 11.8 Å². The highest BCUT2D eigenvalue weighted by atomic mass is 32.2. The molecule has 52 valence electrons. The number of thioether (sulfide) groups is 1. The summed E-state index contributed by atoms with van der Waals surface area (Å²) in [5.41, 5.74) is 5.85. The van der Waals surface area contributed by atoms with Crippen molar-refractivity contribution >= 4 is 11.8 Å². The summed E-state index contributed by atoms with van der Waals surface area (Å²) in [5.74, 6) is 1.12. The van der Waals surface area contributed by atoms with Crippen LogP contribution in [0.25, 0.3) is 0 Å². The molecule has 0 bridgehead atoms. The summed E-state index contributed by atoms with van der Waals surface area (Å²) >= 11 is 1.76. The van der Waals surface area contributed by atoms with Crippen LogP contribution in [0, 0.1) is 0 Å². The van der Waals surface area contributed by atoms with Gasteiger partial charge < -0.3 is 5.73 Å². The summed E-state index contributed by atoms with van der Waals surface area (Å²) in [5, 5.41) is 3.20. The van der Waals surface area contributed by atoms with Crippen molar-refractivity contribution in [2.24, 2.45) is 5.73 Å². The van der Waals surface area contributed by atoms with Crippen molar-refractivity contribution in [2.45, 2.75) is 11.4 Å². The zero-order chi connectivity index (χ0) is 6.74. The second-order valence-corrected chi connectivity index (χ2v) is 3.58. The van der Waals surface area contributed by atoms with E-state index in [1.165, 1.54) is 0 Å². The van der Waals surface area contributed by atoms with Crippen molar-refractivity contribution in [1.82, 2.24) is 5.32 Å². The van der Waals surface area contributed by atoms with Gasteiger partial charge in [0.15, 0.2) is 0 Å². The van der Waals surface area contributed by atoms with Crippen LogP contribution in [0.1, 0.15) is 6.42 Å². The summed E-state index contributed by atoms with van der Waals surface area (Å²) in [6, 6.07) is 0. The maximum Gasteiger partial charge on any atom is 0.118 e. The van der Waals surface area contributed by atoms with E-state index in [0.29, 0.717) is 0 Å². The van der Waals surface area contributed by atoms with Crippen molar-refractivity contribution in [3.63, 3.8) is 0 Å². The third kappa shape index (κ3) is 1.71. The molecule has 1 fully saturated rings. The number of nitrogens with one attached hydrogen (secondary N) is 1. The second-order valence-electron chi connectivity index (χ2n) is 2.16. The van der Waals surface area contributed by atoms with E-state index in [9.17, 15) is 0 Å². The molecule has 1 atom stereocenters. The molecule has 2 nitrogen and oxygen atoms in total. The van der Waals surface area contributed by atoms with E-state index in [1.54, 1.807) is 11.8 Å². The Bertz CT molecular complexity index is 108. The van der Waals surface area contributed by atoms with Crippen LogP contribution in [0.5, 0.6) is 0 Å². The van der Waals surface area contributed by atoms with Gasteiger partial charge in [-0.1, -0.05) is 6.08 Å². The third-order valence-electron chi connectivity index (χ3n) is 1.33. The topological polar surface area (TPSA) is 38.0 Å². The molecule has 1 aliphatic rings. The van der Waals surface area contributed by atoms with Crippen LogP contribution in [0.2, 0.25) is 0 Å². The minimum absolute atomic E-state index is 0.207. The van der Waals surface area contributed by atoms with E-state index >= 15 is 0 Å². The molecule has 1 saturated heterocycles. The molecule has 1 aliphatic heterocycles. The number of nitrogens with two attached hydrogens (primary N) is 1. The van der Waals surface area contributed by atoms with Gasteiger partial charge in [0.1, 0.15) is 4.99 Å². The van der Waals surface area contributed by atoms with E-state index in [4.69, 9.17) is 5.73 Å². The molecule has 1 unspecified atom stereocenters. The fourth-order valence-corrected chi connectivity index (χ4v) is 1.90. The van der Waals surface area contributed by atoms with E-state index < -0.39 is 0 Å². The van der Waals surface area contributed by atoms with E-state index in [-0.39, 0.29) is 4.99 Å². The lowest BCUT2D eigenvalue weighted by atomic mass is 10.3. The smallest absolute Gasteiger partial charge is 0.118 e. The Balaban J connectivity index is 2.40. The second kappa shape index (κ2) is 2.73. The molecule has 0 saturated carbocycles. The highest BCUT2D eigenvalue weighted by Gasteiger charge is 2.27. The van der Waals surface area contributed by atoms with Gasteiger partial charge in [0.25, 0.3) is 0 Å². The minimum Gasteiger partial charge on any atom is -0.304 e. The molecule has 0 aromatic heterocycles. The van der Waals surface area contributed by atoms with Gasteiger partial charge in [0.2, 0.25) is 0 Å². The van der Waals surface area contributed by atoms with Gasteiger partial charge in [-0.15, -0.1) is 18.3 Å². The van der Waals surface area contributed by atoms with Crippen LogP contribution < -0.4 is 11.1 Å². The lowest BCUT2D eigenvalue weighted by molar-refractivity contribution is 0.527. The molecular weight excluding hydrogens is 132 g/mol. The Morgan fingerprint density at radius 1 is 1.89 bits per heavy atom. The lowest BCUT2D eigenvalue weighted by Crippen LogP contribution is -2.45. The first-order valence-corrected chi connectivity index (χ1v) is 4.04. The maximum atomic E-state index is 5.85. The van der Waals surface area contributed by atoms with Gasteiger partial charge in [0.05, 0.1) is 0 Å². The fraction of sp³-hybridized carbons (Fsp3) is 0.667. The predicted molar refractivity (Wildman–Crippen MR) is 42.2 cm³/mol. The number of hydrogen-bond acceptors (Lipinski definition) is 3. The van der Waals surface area contributed by atoms with Crippen LogP contribution in [0.15, 0.2) is 12.7 Å². The van der Waals surface area contributed by atoms with E-state index in [2.05, 4.69) is 11.9 Å². The first-order chi connectivity index (χ1) is 4.27. The van der Waals surface area contributed by atoms with Crippen molar-refractivity contribution in [3.05, 3.63) is 12.7 Å². The molecule has 0 aliphatic carbocycles. The summed E-state index contributed by atoms with van der Waals surface area (Å²) in [7, 11) is 0. The van der Waals surface area contributed by atoms with Crippen LogP contribution in [-0.4, -0.2) is 17.3 Å². The molecule has 0 aromatic rings. The van der Waals surface area contributed by atoms with Gasteiger partial charge in [-0.25, -0.2) is 0 Å². The largest absolute Gasteiger partial charge is 0.304 e. The van der Waals surface area contributed by atoms with Crippen LogP contribution in [0.4, 0.5) is 0 Å². The first kappa shape index (κ1) is 7.12. The molecule has 0 amide bonds. The molecule has 0 aromatic carbocycles. The zero-order valence-electron chi connectivity index (χ0n) is 5.39. The minimum atomic E-state index is -0.207. The Morgan fingerprint density at radius 2 is 2.67 bits per heavy atom. The Kier molecular flexibility index (Phi) is 2.16. The average molecular weight is 144 g/mol. The summed E-state index contributed by atoms with van der Waals surface area (Å²) in [6.45, 7) is 4.66. The zero-order valence-corrected chi connectivity index (χ0v) is 6.21. The molecule has 0 radical (unpaired) electrons. The van der Waals surface area contributed by atoms with E-state index in [0.717, 1.165) is 18.7 Å². The lowest BCUT2D eigenvalue weighted by Gasteiger charge is -2.20. The number of rotatable bonds is 2. The third-order valence-corrected chi connectivity index (χ3v) is 2.57. The average Bonchev–Trinajstić information content (AvgIpc) is 2.16. The molecule has 1 heterocycles. The Hall–Kier alpha value is 0.0100. The highest BCUT2D eigenvalue weighted by Crippen LogP contribution is 2.24. The number of hydrogen-bond donors (Lipinski definition) is 2. The van der Waals surface area contributed by atoms with Crippen LogP contribution in [-0.2, 0) is 0 Å². The summed E-state index contributed by atoms with van der Waals surface area (Å²) < 4.78 is 0. The predicted octanol–water partition coefficient (Wildman–Crippen LogP) is 0.511. The first-order valence-electron chi connectivity index (χ1n) is 3.06. The van der Waals surface area contributed by atoms with Crippen molar-refractivity contribution in [2.75, 3.05) is 12.3 Å².